The van der Waals surface area contributed by atoms with E-state index in [1.807, 2.05) is 20.8 Å². The first kappa shape index (κ1) is 26.1. The molecule has 0 saturated heterocycles. The highest BCUT2D eigenvalue weighted by atomic mass is 16.3. The number of Topliss-reactive ketones (excluding diaryl/α,β-unsaturated/α-hetero) is 2. The highest BCUT2D eigenvalue weighted by molar-refractivity contribution is 5.87. The van der Waals surface area contributed by atoms with Crippen LogP contribution in [0.15, 0.2) is 11.6 Å². The van der Waals surface area contributed by atoms with Gasteiger partial charge in [0, 0.05) is 30.1 Å². The van der Waals surface area contributed by atoms with Crippen LogP contribution in [0.2, 0.25) is 0 Å². The molecule has 0 spiro atoms. The van der Waals surface area contributed by atoms with Gasteiger partial charge in [-0.1, -0.05) is 46.3 Å². The van der Waals surface area contributed by atoms with E-state index in [0.29, 0.717) is 31.5 Å². The Balaban J connectivity index is 1.72. The van der Waals surface area contributed by atoms with Gasteiger partial charge in [0.25, 0.3) is 0 Å². The van der Waals surface area contributed by atoms with E-state index in [2.05, 4.69) is 40.7 Å². The molecule has 0 aliphatic heterocycles. The second-order valence-corrected chi connectivity index (χ2v) is 14.3. The summed E-state index contributed by atoms with van der Waals surface area (Å²) >= 11 is 0. The minimum Gasteiger partial charge on any atom is -0.393 e. The van der Waals surface area contributed by atoms with Crippen LogP contribution in [0.5, 0.6) is 0 Å². The minimum absolute atomic E-state index is 0.0413. The molecule has 4 aliphatic carbocycles. The summed E-state index contributed by atoms with van der Waals surface area (Å²) in [6.45, 7) is 17.0. The number of hydrogen-bond acceptors (Lipinski definition) is 4. The summed E-state index contributed by atoms with van der Waals surface area (Å²) < 4.78 is 0. The average Bonchev–Trinajstić information content (AvgIpc) is 3.07. The summed E-state index contributed by atoms with van der Waals surface area (Å²) in [5.74, 6) is 0.389. The Morgan fingerprint density at radius 1 is 1.09 bits per heavy atom. The predicted octanol–water partition coefficient (Wildman–Crippen LogP) is 5.89. The van der Waals surface area contributed by atoms with E-state index in [1.165, 1.54) is 5.57 Å². The Kier molecular flexibility index (Phi) is 6.14. The molecular formula is C30H48O4. The van der Waals surface area contributed by atoms with E-state index in [9.17, 15) is 19.8 Å². The Morgan fingerprint density at radius 2 is 1.74 bits per heavy atom. The van der Waals surface area contributed by atoms with Crippen LogP contribution in [0, 0.1) is 45.3 Å². The van der Waals surface area contributed by atoms with Crippen molar-refractivity contribution in [2.45, 2.75) is 118 Å². The van der Waals surface area contributed by atoms with E-state index >= 15 is 0 Å². The van der Waals surface area contributed by atoms with Crippen molar-refractivity contribution in [3.8, 4) is 0 Å². The molecule has 0 bridgehead atoms. The van der Waals surface area contributed by atoms with Crippen LogP contribution in [0.25, 0.3) is 0 Å². The standard InChI is InChI=1S/C30H48O4/c1-18(2)10-9-13-30(8,34)19-11-15-28(6)24(19)20(31)16-22-27(5)14-12-23(33)26(3,4)25(27)21(32)17-29(22,28)7/h10,19,21-22,24-25,32,34H,9,11-17H2,1-8H3/t19-,21-,22+,24-,25-,27+,28+,29+,30-/m0/s1. The Labute approximate surface area is 207 Å². The van der Waals surface area contributed by atoms with Crippen LogP contribution < -0.4 is 0 Å². The van der Waals surface area contributed by atoms with Crippen LogP contribution in [0.3, 0.4) is 0 Å². The van der Waals surface area contributed by atoms with Crippen molar-refractivity contribution in [1.29, 1.82) is 0 Å². The van der Waals surface area contributed by atoms with E-state index in [0.717, 1.165) is 25.7 Å². The maximum atomic E-state index is 14.0. The second-order valence-electron chi connectivity index (χ2n) is 14.3. The third-order valence-electron chi connectivity index (χ3n) is 11.8. The molecule has 0 aromatic carbocycles. The fourth-order valence-corrected chi connectivity index (χ4v) is 9.96. The van der Waals surface area contributed by atoms with Crippen molar-refractivity contribution in [3.05, 3.63) is 11.6 Å². The molecule has 0 heterocycles. The van der Waals surface area contributed by atoms with Gasteiger partial charge in [-0.05, 0) is 87.4 Å². The third kappa shape index (κ3) is 3.44. The zero-order valence-electron chi connectivity index (χ0n) is 22.8. The van der Waals surface area contributed by atoms with E-state index in [4.69, 9.17) is 0 Å². The number of hydrogen-bond donors (Lipinski definition) is 2. The molecule has 0 unspecified atom stereocenters. The molecule has 4 saturated carbocycles. The van der Waals surface area contributed by atoms with Crippen LogP contribution in [0.4, 0.5) is 0 Å². The van der Waals surface area contributed by atoms with Crippen molar-refractivity contribution in [2.24, 2.45) is 45.3 Å². The van der Waals surface area contributed by atoms with Crippen molar-refractivity contribution < 1.29 is 19.8 Å². The Bertz CT molecular complexity index is 895. The first-order valence-corrected chi connectivity index (χ1v) is 13.6. The monoisotopic (exact) mass is 472 g/mol. The summed E-state index contributed by atoms with van der Waals surface area (Å²) in [5, 5.41) is 23.2. The fourth-order valence-electron chi connectivity index (χ4n) is 9.96. The lowest BCUT2D eigenvalue weighted by Crippen LogP contribution is -2.68. The number of ketones is 2. The number of aliphatic hydroxyl groups excluding tert-OH is 1. The zero-order chi connectivity index (χ0) is 25.5. The topological polar surface area (TPSA) is 74.6 Å². The van der Waals surface area contributed by atoms with E-state index in [1.54, 1.807) is 0 Å². The molecule has 34 heavy (non-hydrogen) atoms. The highest BCUT2D eigenvalue weighted by Crippen LogP contribution is 2.74. The molecule has 2 N–H and O–H groups in total. The molecule has 0 aromatic rings. The molecule has 0 radical (unpaired) electrons. The summed E-state index contributed by atoms with van der Waals surface area (Å²) in [5.41, 5.74) is -0.884. The smallest absolute Gasteiger partial charge is 0.138 e. The van der Waals surface area contributed by atoms with Gasteiger partial charge in [0.15, 0.2) is 0 Å². The van der Waals surface area contributed by atoms with Crippen LogP contribution in [0.1, 0.15) is 107 Å². The van der Waals surface area contributed by atoms with Crippen LogP contribution in [-0.4, -0.2) is 33.5 Å². The maximum Gasteiger partial charge on any atom is 0.138 e. The van der Waals surface area contributed by atoms with Crippen LogP contribution >= 0.6 is 0 Å². The molecule has 0 aromatic heterocycles. The quantitative estimate of drug-likeness (QED) is 0.501. The first-order valence-electron chi connectivity index (χ1n) is 13.6. The zero-order valence-corrected chi connectivity index (χ0v) is 22.8. The normalized spacial score (nSPS) is 47.3. The van der Waals surface area contributed by atoms with Gasteiger partial charge < -0.3 is 10.2 Å². The van der Waals surface area contributed by atoms with Gasteiger partial charge in [-0.25, -0.2) is 0 Å². The van der Waals surface area contributed by atoms with Gasteiger partial charge in [0.05, 0.1) is 11.7 Å². The SMILES string of the molecule is CC(C)=CCC[C@](C)(O)[C@H]1CC[C@]2(C)[C@@H]1C(=O)C[C@@H]1[C@@]3(C)CCC(=O)C(C)(C)[C@@H]3[C@@H](O)C[C@]12C. The second kappa shape index (κ2) is 8.00. The fraction of sp³-hybridized carbons (Fsp3) is 0.867. The average molecular weight is 473 g/mol. The van der Waals surface area contributed by atoms with Gasteiger partial charge in [0.1, 0.15) is 11.6 Å². The Morgan fingerprint density at radius 3 is 2.35 bits per heavy atom. The van der Waals surface area contributed by atoms with Crippen molar-refractivity contribution in [2.75, 3.05) is 0 Å². The summed E-state index contributed by atoms with van der Waals surface area (Å²) in [6, 6.07) is 0. The van der Waals surface area contributed by atoms with Gasteiger partial charge >= 0.3 is 0 Å². The highest BCUT2D eigenvalue weighted by Gasteiger charge is 2.73. The molecule has 4 fully saturated rings. The molecular weight excluding hydrogens is 424 g/mol. The number of fused-ring (bicyclic) bond motifs is 5. The van der Waals surface area contributed by atoms with E-state index in [-0.39, 0.29) is 45.7 Å². The molecule has 4 aliphatic rings. The lowest BCUT2D eigenvalue weighted by atomic mass is 9.35. The first-order chi connectivity index (χ1) is 15.5. The number of aliphatic hydroxyl groups is 2. The molecule has 4 rings (SSSR count). The lowest BCUT2D eigenvalue weighted by molar-refractivity contribution is -0.233. The van der Waals surface area contributed by atoms with Gasteiger partial charge in [-0.2, -0.15) is 0 Å². The molecule has 9 atom stereocenters. The van der Waals surface area contributed by atoms with Gasteiger partial charge in [-0.3, -0.25) is 9.59 Å². The van der Waals surface area contributed by atoms with Crippen LogP contribution in [-0.2, 0) is 9.59 Å². The lowest BCUT2D eigenvalue weighted by Gasteiger charge is -2.69. The number of carbonyl (C=O) groups is 2. The van der Waals surface area contributed by atoms with Crippen molar-refractivity contribution >= 4 is 11.6 Å². The number of rotatable bonds is 4. The molecule has 4 heteroatoms. The predicted molar refractivity (Wildman–Crippen MR) is 135 cm³/mol. The van der Waals surface area contributed by atoms with Gasteiger partial charge in [0.2, 0.25) is 0 Å². The minimum atomic E-state index is -0.883. The third-order valence-corrected chi connectivity index (χ3v) is 11.8. The maximum absolute atomic E-state index is 14.0. The molecule has 4 nitrogen and oxygen atoms in total. The molecule has 192 valence electrons. The summed E-state index contributed by atoms with van der Waals surface area (Å²) in [6.07, 6.45) is 7.34. The largest absolute Gasteiger partial charge is 0.393 e. The van der Waals surface area contributed by atoms with E-state index < -0.39 is 17.1 Å². The Hall–Kier alpha value is -1.00. The summed E-state index contributed by atoms with van der Waals surface area (Å²) in [4.78, 5) is 26.9. The van der Waals surface area contributed by atoms with Gasteiger partial charge in [-0.15, -0.1) is 0 Å². The molecule has 0 amide bonds. The van der Waals surface area contributed by atoms with Crippen molar-refractivity contribution in [1.82, 2.24) is 0 Å². The number of carbonyl (C=O) groups excluding carboxylic acids is 2. The van der Waals surface area contributed by atoms with Crippen molar-refractivity contribution in [3.63, 3.8) is 0 Å². The summed E-state index contributed by atoms with van der Waals surface area (Å²) in [7, 11) is 0. The number of allylic oxidation sites excluding steroid dienone is 2.